The van der Waals surface area contributed by atoms with Crippen LogP contribution in [0.1, 0.15) is 47.2 Å². The van der Waals surface area contributed by atoms with Crippen molar-refractivity contribution in [2.75, 3.05) is 0 Å². The van der Waals surface area contributed by atoms with Crippen LogP contribution in [0, 0.1) is 17.1 Å². The SMILES string of the molecule is N#C/C(C(=O)NC1CCCC1)=C1/N=C(NC(=O)c2ccccc2F)c2ccccc21. The molecular formula is C23H19FN4O2. The summed E-state index contributed by atoms with van der Waals surface area (Å²) in [6.07, 6.45) is 3.89. The van der Waals surface area contributed by atoms with Crippen molar-refractivity contribution in [3.8, 4) is 6.07 Å². The highest BCUT2D eigenvalue weighted by Crippen LogP contribution is 2.31. The Hall–Kier alpha value is -3.79. The molecular weight excluding hydrogens is 383 g/mol. The number of fused-ring (bicyclic) bond motifs is 1. The number of aliphatic imine (C=N–C) groups is 1. The number of hydrogen-bond acceptors (Lipinski definition) is 4. The smallest absolute Gasteiger partial charge is 0.264 e. The van der Waals surface area contributed by atoms with E-state index >= 15 is 0 Å². The lowest BCUT2D eigenvalue weighted by atomic mass is 10.0. The van der Waals surface area contributed by atoms with Gasteiger partial charge in [0.1, 0.15) is 23.3 Å². The summed E-state index contributed by atoms with van der Waals surface area (Å²) in [4.78, 5) is 29.6. The van der Waals surface area contributed by atoms with Crippen molar-refractivity contribution in [1.82, 2.24) is 10.6 Å². The lowest BCUT2D eigenvalue weighted by molar-refractivity contribution is -0.117. The number of halogens is 1. The highest BCUT2D eigenvalue weighted by molar-refractivity contribution is 6.20. The van der Waals surface area contributed by atoms with Gasteiger partial charge in [-0.1, -0.05) is 49.2 Å². The largest absolute Gasteiger partial charge is 0.349 e. The minimum atomic E-state index is -0.656. The van der Waals surface area contributed by atoms with Crippen molar-refractivity contribution >= 4 is 23.3 Å². The quantitative estimate of drug-likeness (QED) is 0.609. The van der Waals surface area contributed by atoms with Crippen LogP contribution in [0.2, 0.25) is 0 Å². The van der Waals surface area contributed by atoms with Crippen LogP contribution >= 0.6 is 0 Å². The average molecular weight is 402 g/mol. The Bertz CT molecular complexity index is 1120. The fourth-order valence-electron chi connectivity index (χ4n) is 3.77. The summed E-state index contributed by atoms with van der Waals surface area (Å²) < 4.78 is 14.0. The first kappa shape index (κ1) is 19.5. The van der Waals surface area contributed by atoms with Gasteiger partial charge in [0.25, 0.3) is 11.8 Å². The number of rotatable bonds is 3. The van der Waals surface area contributed by atoms with E-state index in [0.29, 0.717) is 11.1 Å². The molecule has 0 saturated heterocycles. The molecule has 4 rings (SSSR count). The molecule has 2 amide bonds. The number of nitrogens with one attached hydrogen (secondary N) is 2. The molecule has 0 atom stereocenters. The molecule has 1 heterocycles. The van der Waals surface area contributed by atoms with Gasteiger partial charge in [-0.25, -0.2) is 9.38 Å². The number of carbonyl (C=O) groups excluding carboxylic acids is 2. The van der Waals surface area contributed by atoms with Gasteiger partial charge < -0.3 is 10.6 Å². The molecule has 2 aromatic carbocycles. The van der Waals surface area contributed by atoms with Gasteiger partial charge in [-0.05, 0) is 25.0 Å². The third-order valence-corrected chi connectivity index (χ3v) is 5.28. The second-order valence-electron chi connectivity index (χ2n) is 7.23. The molecule has 0 spiro atoms. The topological polar surface area (TPSA) is 94.3 Å². The standard InChI is InChI=1S/C23H19FN4O2/c24-19-12-6-5-11-17(19)22(29)28-21-16-10-4-3-9-15(16)20(27-21)18(13-25)23(30)26-14-7-1-2-8-14/h3-6,9-12,14H,1-2,7-8H2,(H,26,30)(H,27,28,29)/b20-18-. The van der Waals surface area contributed by atoms with Crippen molar-refractivity contribution in [1.29, 1.82) is 5.26 Å². The van der Waals surface area contributed by atoms with Crippen molar-refractivity contribution in [3.05, 3.63) is 76.6 Å². The third-order valence-electron chi connectivity index (χ3n) is 5.28. The van der Waals surface area contributed by atoms with E-state index in [-0.39, 0.29) is 28.7 Å². The monoisotopic (exact) mass is 402 g/mol. The van der Waals surface area contributed by atoms with Gasteiger partial charge in [-0.3, -0.25) is 9.59 Å². The van der Waals surface area contributed by atoms with Gasteiger partial charge in [0.05, 0.1) is 11.3 Å². The van der Waals surface area contributed by atoms with E-state index in [1.54, 1.807) is 30.3 Å². The molecule has 2 aliphatic rings. The van der Waals surface area contributed by atoms with Gasteiger partial charge in [0, 0.05) is 17.2 Å². The Morgan fingerprint density at radius 1 is 1.03 bits per heavy atom. The zero-order chi connectivity index (χ0) is 21.1. The number of nitriles is 1. The molecule has 7 heteroatoms. The highest BCUT2D eigenvalue weighted by Gasteiger charge is 2.29. The molecule has 1 aliphatic carbocycles. The predicted octanol–water partition coefficient (Wildman–Crippen LogP) is 3.31. The Balaban J connectivity index is 1.68. The summed E-state index contributed by atoms with van der Waals surface area (Å²) in [5, 5.41) is 15.2. The zero-order valence-corrected chi connectivity index (χ0v) is 16.1. The Morgan fingerprint density at radius 2 is 1.70 bits per heavy atom. The van der Waals surface area contributed by atoms with E-state index < -0.39 is 17.6 Å². The lowest BCUT2D eigenvalue weighted by Gasteiger charge is -2.11. The number of amidine groups is 1. The second kappa shape index (κ2) is 8.29. The number of benzene rings is 2. The molecule has 150 valence electrons. The van der Waals surface area contributed by atoms with Gasteiger partial charge in [-0.15, -0.1) is 0 Å². The molecule has 1 fully saturated rings. The van der Waals surface area contributed by atoms with Crippen LogP contribution in [-0.2, 0) is 4.79 Å². The fraction of sp³-hybridized carbons (Fsp3) is 0.217. The lowest BCUT2D eigenvalue weighted by Crippen LogP contribution is -2.33. The summed E-state index contributed by atoms with van der Waals surface area (Å²) in [6.45, 7) is 0. The molecule has 0 unspecified atom stereocenters. The van der Waals surface area contributed by atoms with Crippen molar-refractivity contribution in [2.45, 2.75) is 31.7 Å². The highest BCUT2D eigenvalue weighted by atomic mass is 19.1. The normalized spacial score (nSPS) is 17.0. The predicted molar refractivity (Wildman–Crippen MR) is 110 cm³/mol. The molecule has 0 radical (unpaired) electrons. The maximum absolute atomic E-state index is 14.0. The van der Waals surface area contributed by atoms with Crippen LogP contribution in [0.25, 0.3) is 5.70 Å². The molecule has 30 heavy (non-hydrogen) atoms. The molecule has 0 aromatic heterocycles. The molecule has 1 aliphatic heterocycles. The first-order chi connectivity index (χ1) is 14.6. The summed E-state index contributed by atoms with van der Waals surface area (Å²) in [5.74, 6) is -1.60. The first-order valence-corrected chi connectivity index (χ1v) is 9.78. The Labute approximate surface area is 173 Å². The molecule has 0 bridgehead atoms. The molecule has 2 aromatic rings. The third kappa shape index (κ3) is 3.72. The summed E-state index contributed by atoms with van der Waals surface area (Å²) in [7, 11) is 0. The minimum absolute atomic E-state index is 0.0577. The molecule has 2 N–H and O–H groups in total. The maximum atomic E-state index is 14.0. The number of hydrogen-bond donors (Lipinski definition) is 2. The average Bonchev–Trinajstić information content (AvgIpc) is 3.38. The van der Waals surface area contributed by atoms with E-state index in [4.69, 9.17) is 0 Å². The summed E-state index contributed by atoms with van der Waals surface area (Å²) in [6, 6.07) is 14.6. The van der Waals surface area contributed by atoms with Crippen LogP contribution in [0.3, 0.4) is 0 Å². The number of carbonyl (C=O) groups is 2. The van der Waals surface area contributed by atoms with E-state index in [1.165, 1.54) is 18.2 Å². The van der Waals surface area contributed by atoms with Gasteiger partial charge in [0.2, 0.25) is 0 Å². The summed E-state index contributed by atoms with van der Waals surface area (Å²) >= 11 is 0. The molecule has 6 nitrogen and oxygen atoms in total. The van der Waals surface area contributed by atoms with Crippen molar-refractivity contribution in [2.24, 2.45) is 4.99 Å². The van der Waals surface area contributed by atoms with E-state index in [2.05, 4.69) is 15.6 Å². The summed E-state index contributed by atoms with van der Waals surface area (Å²) in [5.41, 5.74) is 1.12. The Kier molecular flexibility index (Phi) is 5.40. The first-order valence-electron chi connectivity index (χ1n) is 9.78. The zero-order valence-electron chi connectivity index (χ0n) is 16.1. The van der Waals surface area contributed by atoms with Crippen LogP contribution in [0.4, 0.5) is 4.39 Å². The van der Waals surface area contributed by atoms with E-state index in [9.17, 15) is 19.2 Å². The Morgan fingerprint density at radius 3 is 2.40 bits per heavy atom. The maximum Gasteiger partial charge on any atom is 0.264 e. The van der Waals surface area contributed by atoms with E-state index in [0.717, 1.165) is 25.7 Å². The number of amides is 2. The molecule has 1 saturated carbocycles. The van der Waals surface area contributed by atoms with Gasteiger partial charge in [-0.2, -0.15) is 5.26 Å². The van der Waals surface area contributed by atoms with Gasteiger partial charge in [0.15, 0.2) is 0 Å². The number of nitrogens with zero attached hydrogens (tertiary/aromatic N) is 2. The van der Waals surface area contributed by atoms with Crippen LogP contribution in [-0.4, -0.2) is 23.7 Å². The van der Waals surface area contributed by atoms with Crippen LogP contribution < -0.4 is 10.6 Å². The van der Waals surface area contributed by atoms with E-state index in [1.807, 2.05) is 6.07 Å². The van der Waals surface area contributed by atoms with Crippen molar-refractivity contribution < 1.29 is 14.0 Å². The fourth-order valence-corrected chi connectivity index (χ4v) is 3.77. The minimum Gasteiger partial charge on any atom is -0.349 e. The van der Waals surface area contributed by atoms with Crippen LogP contribution in [0.5, 0.6) is 0 Å². The van der Waals surface area contributed by atoms with Gasteiger partial charge >= 0.3 is 0 Å². The van der Waals surface area contributed by atoms with Crippen molar-refractivity contribution in [3.63, 3.8) is 0 Å². The second-order valence-corrected chi connectivity index (χ2v) is 7.23. The van der Waals surface area contributed by atoms with Crippen LogP contribution in [0.15, 0.2) is 59.1 Å².